The van der Waals surface area contributed by atoms with Crippen LogP contribution in [0.25, 0.3) is 10.9 Å². The predicted octanol–water partition coefficient (Wildman–Crippen LogP) is 4.57. The molecule has 0 radical (unpaired) electrons. The third-order valence-corrected chi connectivity index (χ3v) is 3.48. The number of fused-ring (bicyclic) bond motifs is 1. The van der Waals surface area contributed by atoms with Crippen LogP contribution in [0, 0.1) is 0 Å². The lowest BCUT2D eigenvalue weighted by Gasteiger charge is -2.10. The van der Waals surface area contributed by atoms with Crippen molar-refractivity contribution < 1.29 is 4.74 Å². The number of H-pyrrole nitrogens is 1. The van der Waals surface area contributed by atoms with E-state index in [4.69, 9.17) is 4.74 Å². The Labute approximate surface area is 125 Å². The highest BCUT2D eigenvalue weighted by Crippen LogP contribution is 2.21. The molecule has 2 aromatic carbocycles. The SMILES string of the molecule is CCCOc1cccc(NCc2cccc3[nH]ccc23)c1. The van der Waals surface area contributed by atoms with E-state index in [1.165, 1.54) is 16.5 Å². The van der Waals surface area contributed by atoms with Crippen molar-refractivity contribution in [3.63, 3.8) is 0 Å². The zero-order valence-electron chi connectivity index (χ0n) is 12.2. The molecule has 1 heterocycles. The predicted molar refractivity (Wildman–Crippen MR) is 87.9 cm³/mol. The number of benzene rings is 2. The van der Waals surface area contributed by atoms with Crippen LogP contribution in [0.5, 0.6) is 5.75 Å². The van der Waals surface area contributed by atoms with Crippen molar-refractivity contribution in [2.75, 3.05) is 11.9 Å². The molecular weight excluding hydrogens is 260 g/mol. The lowest BCUT2D eigenvalue weighted by Crippen LogP contribution is -2.01. The Kier molecular flexibility index (Phi) is 4.10. The molecule has 0 bridgehead atoms. The van der Waals surface area contributed by atoms with E-state index in [0.717, 1.165) is 31.0 Å². The summed E-state index contributed by atoms with van der Waals surface area (Å²) in [7, 11) is 0. The van der Waals surface area contributed by atoms with E-state index in [2.05, 4.69) is 47.6 Å². The number of rotatable bonds is 6. The molecule has 0 aliphatic rings. The van der Waals surface area contributed by atoms with Crippen LogP contribution in [0.15, 0.2) is 54.7 Å². The zero-order valence-corrected chi connectivity index (χ0v) is 12.2. The molecule has 21 heavy (non-hydrogen) atoms. The highest BCUT2D eigenvalue weighted by molar-refractivity contribution is 5.83. The van der Waals surface area contributed by atoms with Crippen LogP contribution in [-0.4, -0.2) is 11.6 Å². The first-order valence-corrected chi connectivity index (χ1v) is 7.38. The summed E-state index contributed by atoms with van der Waals surface area (Å²) in [4.78, 5) is 3.24. The molecule has 0 amide bonds. The molecular formula is C18H20N2O. The average molecular weight is 280 g/mol. The Hall–Kier alpha value is -2.42. The maximum absolute atomic E-state index is 5.66. The van der Waals surface area contributed by atoms with E-state index in [9.17, 15) is 0 Å². The molecule has 0 saturated carbocycles. The van der Waals surface area contributed by atoms with E-state index in [1.54, 1.807) is 0 Å². The van der Waals surface area contributed by atoms with Gasteiger partial charge in [-0.15, -0.1) is 0 Å². The Balaban J connectivity index is 1.71. The molecule has 0 spiro atoms. The molecule has 0 aliphatic carbocycles. The summed E-state index contributed by atoms with van der Waals surface area (Å²) in [6, 6.07) is 16.6. The second-order valence-corrected chi connectivity index (χ2v) is 5.09. The van der Waals surface area contributed by atoms with Crippen molar-refractivity contribution in [1.29, 1.82) is 0 Å². The molecule has 2 N–H and O–H groups in total. The van der Waals surface area contributed by atoms with E-state index in [-0.39, 0.29) is 0 Å². The van der Waals surface area contributed by atoms with Gasteiger partial charge in [0.25, 0.3) is 0 Å². The Bertz CT molecular complexity index is 718. The van der Waals surface area contributed by atoms with Crippen molar-refractivity contribution in [2.24, 2.45) is 0 Å². The van der Waals surface area contributed by atoms with Crippen LogP contribution in [0.2, 0.25) is 0 Å². The normalized spacial score (nSPS) is 10.7. The van der Waals surface area contributed by atoms with Crippen molar-refractivity contribution in [3.05, 3.63) is 60.3 Å². The quantitative estimate of drug-likeness (QED) is 0.694. The van der Waals surface area contributed by atoms with Gasteiger partial charge in [0, 0.05) is 35.4 Å². The van der Waals surface area contributed by atoms with Gasteiger partial charge in [-0.1, -0.05) is 25.1 Å². The van der Waals surface area contributed by atoms with E-state index >= 15 is 0 Å². The van der Waals surface area contributed by atoms with Crippen LogP contribution >= 0.6 is 0 Å². The molecule has 0 aliphatic heterocycles. The summed E-state index contributed by atoms with van der Waals surface area (Å²) in [5.41, 5.74) is 3.54. The number of hydrogen-bond donors (Lipinski definition) is 2. The fourth-order valence-corrected chi connectivity index (χ4v) is 2.42. The van der Waals surface area contributed by atoms with Gasteiger partial charge in [0.15, 0.2) is 0 Å². The second-order valence-electron chi connectivity index (χ2n) is 5.09. The monoisotopic (exact) mass is 280 g/mol. The Morgan fingerprint density at radius 3 is 2.90 bits per heavy atom. The molecule has 0 unspecified atom stereocenters. The van der Waals surface area contributed by atoms with Crippen molar-refractivity contribution in [1.82, 2.24) is 4.98 Å². The first kappa shape index (κ1) is 13.6. The van der Waals surface area contributed by atoms with Crippen LogP contribution in [0.1, 0.15) is 18.9 Å². The molecule has 1 aromatic heterocycles. The van der Waals surface area contributed by atoms with Gasteiger partial charge in [0.05, 0.1) is 6.61 Å². The minimum atomic E-state index is 0.756. The van der Waals surface area contributed by atoms with Gasteiger partial charge in [-0.3, -0.25) is 0 Å². The molecule has 3 nitrogen and oxygen atoms in total. The summed E-state index contributed by atoms with van der Waals surface area (Å²) >= 11 is 0. The molecule has 0 saturated heterocycles. The van der Waals surface area contributed by atoms with Crippen LogP contribution in [0.4, 0.5) is 5.69 Å². The van der Waals surface area contributed by atoms with E-state index in [0.29, 0.717) is 0 Å². The largest absolute Gasteiger partial charge is 0.494 e. The number of aromatic amines is 1. The fourth-order valence-electron chi connectivity index (χ4n) is 2.42. The van der Waals surface area contributed by atoms with E-state index < -0.39 is 0 Å². The highest BCUT2D eigenvalue weighted by atomic mass is 16.5. The molecule has 3 aromatic rings. The summed E-state index contributed by atoms with van der Waals surface area (Å²) in [6.45, 7) is 3.66. The molecule has 3 rings (SSSR count). The third-order valence-electron chi connectivity index (χ3n) is 3.48. The number of hydrogen-bond acceptors (Lipinski definition) is 2. The standard InChI is InChI=1S/C18H20N2O/c1-2-11-21-16-7-4-6-15(12-16)20-13-14-5-3-8-18-17(14)9-10-19-18/h3-10,12,19-20H,2,11,13H2,1H3. The molecule has 0 fully saturated rings. The van der Waals surface area contributed by atoms with Gasteiger partial charge in [-0.25, -0.2) is 0 Å². The summed E-state index contributed by atoms with van der Waals surface area (Å²) < 4.78 is 5.66. The fraction of sp³-hybridized carbons (Fsp3) is 0.222. The van der Waals surface area contributed by atoms with Crippen LogP contribution in [-0.2, 0) is 6.54 Å². The van der Waals surface area contributed by atoms with Crippen molar-refractivity contribution in [3.8, 4) is 5.75 Å². The Morgan fingerprint density at radius 1 is 1.10 bits per heavy atom. The van der Waals surface area contributed by atoms with Crippen molar-refractivity contribution in [2.45, 2.75) is 19.9 Å². The second kappa shape index (κ2) is 6.35. The number of aromatic nitrogens is 1. The maximum atomic E-state index is 5.66. The summed E-state index contributed by atoms with van der Waals surface area (Å²) in [6.07, 6.45) is 3.00. The first-order chi connectivity index (χ1) is 10.4. The summed E-state index contributed by atoms with van der Waals surface area (Å²) in [5.74, 6) is 0.918. The Morgan fingerprint density at radius 2 is 2.00 bits per heavy atom. The van der Waals surface area contributed by atoms with Gasteiger partial charge in [0.2, 0.25) is 0 Å². The molecule has 3 heteroatoms. The number of nitrogens with one attached hydrogen (secondary N) is 2. The van der Waals surface area contributed by atoms with Crippen LogP contribution < -0.4 is 10.1 Å². The maximum Gasteiger partial charge on any atom is 0.121 e. The van der Waals surface area contributed by atoms with Gasteiger partial charge in [0.1, 0.15) is 5.75 Å². The highest BCUT2D eigenvalue weighted by Gasteiger charge is 2.02. The van der Waals surface area contributed by atoms with Crippen LogP contribution in [0.3, 0.4) is 0 Å². The summed E-state index contributed by atoms with van der Waals surface area (Å²) in [5, 5.41) is 4.73. The molecule has 0 atom stereocenters. The van der Waals surface area contributed by atoms with Gasteiger partial charge >= 0.3 is 0 Å². The zero-order chi connectivity index (χ0) is 14.5. The lowest BCUT2D eigenvalue weighted by atomic mass is 10.1. The van der Waals surface area contributed by atoms with Gasteiger partial charge in [-0.05, 0) is 36.2 Å². The van der Waals surface area contributed by atoms with Gasteiger partial charge in [-0.2, -0.15) is 0 Å². The van der Waals surface area contributed by atoms with E-state index in [1.807, 2.05) is 24.4 Å². The minimum absolute atomic E-state index is 0.756. The third kappa shape index (κ3) is 3.19. The van der Waals surface area contributed by atoms with Gasteiger partial charge < -0.3 is 15.0 Å². The first-order valence-electron chi connectivity index (χ1n) is 7.38. The molecule has 108 valence electrons. The van der Waals surface area contributed by atoms with Crippen molar-refractivity contribution >= 4 is 16.6 Å². The number of anilines is 1. The number of ether oxygens (including phenoxy) is 1. The average Bonchev–Trinajstić information content (AvgIpc) is 3.00. The smallest absolute Gasteiger partial charge is 0.121 e. The minimum Gasteiger partial charge on any atom is -0.494 e. The lowest BCUT2D eigenvalue weighted by molar-refractivity contribution is 0.317. The topological polar surface area (TPSA) is 37.0 Å².